The molecule has 0 saturated heterocycles. The number of aliphatic hydroxyl groups excluding tert-OH is 4. The summed E-state index contributed by atoms with van der Waals surface area (Å²) in [6.07, 6.45) is 4.53. The number of anilines is 5. The zero-order chi connectivity index (χ0) is 84.1. The average Bonchev–Trinajstić information content (AvgIpc) is 1.64. The van der Waals surface area contributed by atoms with Crippen molar-refractivity contribution in [1.82, 2.24) is 48.2 Å². The van der Waals surface area contributed by atoms with E-state index in [0.717, 1.165) is 133 Å². The number of halogens is 8. The summed E-state index contributed by atoms with van der Waals surface area (Å²) in [5.41, 5.74) is 14.0. The molecular weight excluding hydrogens is 1670 g/mol. The number of aryl methyl sites for hydroxylation is 8. The maximum atomic E-state index is 10.7. The minimum Gasteiger partial charge on any atom is -0.481 e. The lowest BCUT2D eigenvalue weighted by molar-refractivity contribution is -0.138. The number of carboxylic acid groups (broad SMARTS) is 5. The summed E-state index contributed by atoms with van der Waals surface area (Å²) in [5, 5.41) is 81.3. The molecule has 0 bridgehead atoms. The number of hydrogen-bond donors (Lipinski definition) is 10. The van der Waals surface area contributed by atoms with Crippen molar-refractivity contribution in [2.75, 3.05) is 151 Å². The van der Waals surface area contributed by atoms with Gasteiger partial charge in [-0.1, -0.05) is 0 Å². The molecule has 10 aromatic rings. The van der Waals surface area contributed by atoms with Crippen LogP contribution in [0.15, 0.2) is 91.0 Å². The van der Waals surface area contributed by atoms with E-state index in [1.54, 1.807) is 4.57 Å². The highest BCUT2D eigenvalue weighted by atomic mass is 35.5. The molecule has 638 valence electrons. The van der Waals surface area contributed by atoms with Gasteiger partial charge in [-0.05, 0) is 123 Å². The van der Waals surface area contributed by atoms with Crippen molar-refractivity contribution in [3.05, 3.63) is 120 Å². The smallest absolute Gasteiger partial charge is 0.303 e. The maximum absolute atomic E-state index is 10.7. The second-order valence-corrected chi connectivity index (χ2v) is 29.4. The molecule has 0 amide bonds. The van der Waals surface area contributed by atoms with Gasteiger partial charge in [0.15, 0.2) is 0 Å². The molecule has 1 atom stereocenters. The summed E-state index contributed by atoms with van der Waals surface area (Å²) in [4.78, 5) is 89.4. The predicted molar refractivity (Wildman–Crippen MR) is 468 cm³/mol. The molecule has 37 heteroatoms. The van der Waals surface area contributed by atoms with Crippen molar-refractivity contribution in [2.24, 2.45) is 28.2 Å². The van der Waals surface area contributed by atoms with Gasteiger partial charge in [0.2, 0.25) is 0 Å². The fourth-order valence-corrected chi connectivity index (χ4v) is 14.4. The monoisotopic (exact) mass is 1770 g/mol. The lowest BCUT2D eigenvalue weighted by atomic mass is 10.2. The highest BCUT2D eigenvalue weighted by Gasteiger charge is 2.21. The number of carbonyl (C=O) groups is 5. The minimum absolute atomic E-state index is 0. The van der Waals surface area contributed by atoms with Gasteiger partial charge in [-0.25, -0.2) is 24.9 Å². The summed E-state index contributed by atoms with van der Waals surface area (Å²) in [6, 6.07) is 29.7. The summed E-state index contributed by atoms with van der Waals surface area (Å²) in [6.45, 7) is 6.48. The molecule has 116 heavy (non-hydrogen) atoms. The molecule has 5 heterocycles. The van der Waals surface area contributed by atoms with Crippen LogP contribution in [0.1, 0.15) is 99.4 Å². The standard InChI is InChI=1S/C16H21Cl2N3O3.C16H21Cl2N3O2.C16H22ClN3O3.C16H23N3O4.C15H19Cl2N3O2.ClH/c1-20-13-3-2-11(21(8-6-17)9-7-18)10-12(13)19-16(20)14(22)4-5-15(23)24;1-20-14-6-5-12(21(9-7-17)10-8-18)11-13(14)19-15(20)3-2-4-16(22)23;1-19-14-6-5-12(20(8-7-17)9-10-21)11-13(14)18-15(19)3-2-4-16(22)23;1-18-14-6-5-12(19(7-9-20)8-10-21)11-13(14)17-15(18)3-2-4-16(22)23;16-6-8-20(9-7-17)11-4-5-12-13(10-11)19-14(18-12)2-1-3-15(21)22;/h2-3,10,14,22H,4-9H2,1H3,(H,23,24);5-6,11H,2-4,7-10H2,1H3,(H,22,23);5-6,11,21H,2-4,7-10H2,1H3,(H,22,23);5-6,11,20-21H,2-4,7-10H2,1H3,(H,22,23);4-5,10H,1-3,6-9H2,(H,18,19)(H,21,22);1H. The molecular formula is C79H107Cl8N15O14. The van der Waals surface area contributed by atoms with Gasteiger partial charge in [0.25, 0.3) is 0 Å². The normalized spacial score (nSPS) is 11.3. The van der Waals surface area contributed by atoms with E-state index in [9.17, 15) is 34.2 Å². The number of nitrogens with one attached hydrogen (secondary N) is 1. The second kappa shape index (κ2) is 52.0. The van der Waals surface area contributed by atoms with E-state index in [2.05, 4.69) is 44.6 Å². The van der Waals surface area contributed by atoms with Crippen molar-refractivity contribution in [2.45, 2.75) is 96.0 Å². The number of hydrogen-bond acceptors (Lipinski definition) is 19. The van der Waals surface area contributed by atoms with Crippen molar-refractivity contribution in [1.29, 1.82) is 0 Å². The fraction of sp³-hybridized carbons (Fsp3) is 0.494. The summed E-state index contributed by atoms with van der Waals surface area (Å²) >= 11 is 40.9. The Balaban J connectivity index is 0.000000258. The first-order valence-electron chi connectivity index (χ1n) is 37.9. The number of benzene rings is 5. The number of carboxylic acids is 5. The Morgan fingerprint density at radius 3 is 0.948 bits per heavy atom. The molecule has 0 aliphatic carbocycles. The lowest BCUT2D eigenvalue weighted by Crippen LogP contribution is -2.29. The molecule has 1 unspecified atom stereocenters. The minimum atomic E-state index is -0.937. The van der Waals surface area contributed by atoms with Crippen LogP contribution in [-0.2, 0) is 77.8 Å². The van der Waals surface area contributed by atoms with Crippen molar-refractivity contribution >= 4 is 207 Å². The van der Waals surface area contributed by atoms with Crippen LogP contribution in [0, 0.1) is 0 Å². The van der Waals surface area contributed by atoms with Crippen LogP contribution < -0.4 is 24.5 Å². The number of aliphatic carboxylic acids is 5. The van der Waals surface area contributed by atoms with Crippen molar-refractivity contribution < 1.29 is 69.9 Å². The molecule has 10 rings (SSSR count). The number of aromatic nitrogens is 10. The van der Waals surface area contributed by atoms with Crippen LogP contribution in [0.3, 0.4) is 0 Å². The Kier molecular flexibility index (Phi) is 44.2. The highest BCUT2D eigenvalue weighted by Crippen LogP contribution is 2.30. The van der Waals surface area contributed by atoms with Gasteiger partial charge in [-0.15, -0.1) is 93.6 Å². The third kappa shape index (κ3) is 30.4. The largest absolute Gasteiger partial charge is 0.481 e. The number of H-pyrrole nitrogens is 1. The van der Waals surface area contributed by atoms with E-state index in [4.69, 9.17) is 117 Å². The van der Waals surface area contributed by atoms with Gasteiger partial charge < -0.3 is 93.7 Å². The third-order valence-corrected chi connectivity index (χ3v) is 20.0. The molecule has 5 aromatic carbocycles. The van der Waals surface area contributed by atoms with E-state index in [-0.39, 0.29) is 70.8 Å². The van der Waals surface area contributed by atoms with Gasteiger partial charge in [0, 0.05) is 221 Å². The molecule has 0 saturated carbocycles. The van der Waals surface area contributed by atoms with Crippen molar-refractivity contribution in [3.63, 3.8) is 0 Å². The van der Waals surface area contributed by atoms with E-state index in [1.807, 2.05) is 143 Å². The Bertz CT molecular complexity index is 4390. The zero-order valence-electron chi connectivity index (χ0n) is 65.7. The number of fused-ring (bicyclic) bond motifs is 5. The molecule has 0 aliphatic rings. The predicted octanol–water partition coefficient (Wildman–Crippen LogP) is 12.5. The summed E-state index contributed by atoms with van der Waals surface area (Å²) in [7, 11) is 7.63. The zero-order valence-corrected chi connectivity index (χ0v) is 71.8. The Morgan fingerprint density at radius 2 is 0.638 bits per heavy atom. The molecule has 0 fully saturated rings. The summed E-state index contributed by atoms with van der Waals surface area (Å²) < 4.78 is 7.79. The first-order valence-corrected chi connectivity index (χ1v) is 41.6. The van der Waals surface area contributed by atoms with Crippen LogP contribution in [0.4, 0.5) is 28.4 Å². The second-order valence-electron chi connectivity index (χ2n) is 26.7. The number of aliphatic hydroxyl groups is 4. The SMILES string of the molecule is Cl.Cn1c(C(O)CCC(=O)O)nc2cc(N(CCCl)CCCl)ccc21.Cn1c(CCCC(=O)O)nc2cc(N(CCCl)CCCl)ccc21.Cn1c(CCCC(=O)O)nc2cc(N(CCO)CCCl)ccc21.Cn1c(CCCC(=O)O)nc2cc(N(CCO)CCO)ccc21.O=C(O)CCCc1nc2ccc(N(CCCl)CCCl)cc2[nH]1. The topological polar surface area (TPSA) is 384 Å². The summed E-state index contributed by atoms with van der Waals surface area (Å²) in [5.74, 6) is 3.48. The molecule has 0 aliphatic heterocycles. The number of imidazole rings is 5. The maximum Gasteiger partial charge on any atom is 0.303 e. The van der Waals surface area contributed by atoms with Gasteiger partial charge >= 0.3 is 29.8 Å². The first kappa shape index (κ1) is 98.5. The van der Waals surface area contributed by atoms with Crippen LogP contribution >= 0.6 is 93.6 Å². The molecule has 5 aromatic heterocycles. The number of alkyl halides is 7. The molecule has 0 spiro atoms. The Labute approximate surface area is 715 Å². The van der Waals surface area contributed by atoms with Crippen LogP contribution in [0.5, 0.6) is 0 Å². The van der Waals surface area contributed by atoms with Crippen LogP contribution in [0.25, 0.3) is 55.2 Å². The van der Waals surface area contributed by atoms with Crippen LogP contribution in [-0.4, -0.2) is 250 Å². The lowest BCUT2D eigenvalue weighted by Gasteiger charge is -2.22. The Morgan fingerprint density at radius 1 is 0.362 bits per heavy atom. The quantitative estimate of drug-likeness (QED) is 0.0158. The van der Waals surface area contributed by atoms with Gasteiger partial charge in [0.05, 0.1) is 75.0 Å². The Hall–Kier alpha value is -8.04. The number of rotatable bonds is 45. The van der Waals surface area contributed by atoms with Crippen LogP contribution in [0.2, 0.25) is 0 Å². The highest BCUT2D eigenvalue weighted by molar-refractivity contribution is 6.20. The molecule has 29 nitrogen and oxygen atoms in total. The molecule has 10 N–H and O–H groups in total. The van der Waals surface area contributed by atoms with Gasteiger partial charge in [-0.3, -0.25) is 24.0 Å². The van der Waals surface area contributed by atoms with E-state index in [0.29, 0.717) is 138 Å². The molecule has 0 radical (unpaired) electrons. The number of nitrogens with zero attached hydrogens (tertiary/aromatic N) is 14. The third-order valence-electron chi connectivity index (χ3n) is 18.8. The van der Waals surface area contributed by atoms with Gasteiger partial charge in [0.1, 0.15) is 35.2 Å². The average molecular weight is 1770 g/mol. The fourth-order valence-electron chi connectivity index (χ4n) is 13.0. The number of aromatic amines is 1. The van der Waals surface area contributed by atoms with Crippen molar-refractivity contribution in [3.8, 4) is 0 Å². The van der Waals surface area contributed by atoms with E-state index in [1.165, 1.54) is 0 Å². The van der Waals surface area contributed by atoms with E-state index >= 15 is 0 Å². The van der Waals surface area contributed by atoms with E-state index < -0.39 is 36.0 Å². The van der Waals surface area contributed by atoms with Gasteiger partial charge in [-0.2, -0.15) is 0 Å². The first-order chi connectivity index (χ1) is 55.3.